The molecule has 0 aromatic heterocycles. The number of piperidine rings is 1. The highest BCUT2D eigenvalue weighted by Gasteiger charge is 2.38. The van der Waals surface area contributed by atoms with Gasteiger partial charge in [0.1, 0.15) is 0 Å². The third kappa shape index (κ3) is 3.91. The van der Waals surface area contributed by atoms with Crippen LogP contribution in [0, 0.1) is 5.41 Å². The lowest BCUT2D eigenvalue weighted by molar-refractivity contribution is -0.0141. The fourth-order valence-electron chi connectivity index (χ4n) is 4.04. The molecule has 0 aliphatic carbocycles. The van der Waals surface area contributed by atoms with Crippen LogP contribution in [0.25, 0.3) is 10.8 Å². The number of carbonyl (C=O) groups excluding carboxylic acids is 2. The molecule has 2 saturated heterocycles. The summed E-state index contributed by atoms with van der Waals surface area (Å²) in [5.74, 6) is 0. The molecule has 2 fully saturated rings. The van der Waals surface area contributed by atoms with Crippen molar-refractivity contribution in [2.24, 2.45) is 5.41 Å². The highest BCUT2D eigenvalue weighted by atomic mass is 16.6. The van der Waals surface area contributed by atoms with Crippen molar-refractivity contribution in [1.29, 1.82) is 0 Å². The Morgan fingerprint density at radius 1 is 1.11 bits per heavy atom. The number of cyclic esters (lactones) is 1. The summed E-state index contributed by atoms with van der Waals surface area (Å²) in [6.45, 7) is 6.66. The van der Waals surface area contributed by atoms with Crippen LogP contribution in [0.3, 0.4) is 0 Å². The first-order valence-electron chi connectivity index (χ1n) is 9.89. The highest BCUT2D eigenvalue weighted by Crippen LogP contribution is 2.28. The monoisotopic (exact) mass is 381 g/mol. The molecule has 2 aromatic rings. The van der Waals surface area contributed by atoms with Gasteiger partial charge in [-0.2, -0.15) is 0 Å². The molecule has 2 heterocycles. The SMILES string of the molecule is CC1(C)COC(=O)N(C2CCN(C(=O)Nc3ccc4ccccc4c3)CC2)C1. The number of carbonyl (C=O) groups is 2. The molecule has 1 N–H and O–H groups in total. The van der Waals surface area contributed by atoms with Crippen molar-refractivity contribution in [3.63, 3.8) is 0 Å². The van der Waals surface area contributed by atoms with Gasteiger partial charge in [0.15, 0.2) is 0 Å². The van der Waals surface area contributed by atoms with Crippen LogP contribution in [0.4, 0.5) is 15.3 Å². The van der Waals surface area contributed by atoms with Crippen molar-refractivity contribution < 1.29 is 14.3 Å². The summed E-state index contributed by atoms with van der Waals surface area (Å²) in [4.78, 5) is 28.5. The van der Waals surface area contributed by atoms with Crippen molar-refractivity contribution in [3.05, 3.63) is 42.5 Å². The van der Waals surface area contributed by atoms with E-state index in [4.69, 9.17) is 4.74 Å². The van der Waals surface area contributed by atoms with E-state index in [1.54, 1.807) is 0 Å². The van der Waals surface area contributed by atoms with Gasteiger partial charge in [-0.25, -0.2) is 9.59 Å². The molecule has 0 spiro atoms. The Hall–Kier alpha value is -2.76. The van der Waals surface area contributed by atoms with Crippen molar-refractivity contribution in [3.8, 4) is 0 Å². The third-order valence-electron chi connectivity index (χ3n) is 5.61. The molecular formula is C22H27N3O3. The van der Waals surface area contributed by atoms with Gasteiger partial charge in [0.25, 0.3) is 0 Å². The molecule has 2 aromatic carbocycles. The second-order valence-corrected chi connectivity index (χ2v) is 8.56. The second-order valence-electron chi connectivity index (χ2n) is 8.56. The largest absolute Gasteiger partial charge is 0.449 e. The molecule has 3 amide bonds. The molecule has 2 aliphatic rings. The van der Waals surface area contributed by atoms with Crippen molar-refractivity contribution in [2.75, 3.05) is 31.6 Å². The van der Waals surface area contributed by atoms with Crippen LogP contribution in [0.2, 0.25) is 0 Å². The normalized spacial score (nSPS) is 20.1. The number of hydrogen-bond acceptors (Lipinski definition) is 3. The molecule has 4 rings (SSSR count). The number of amides is 3. The van der Waals surface area contributed by atoms with Gasteiger partial charge in [-0.05, 0) is 35.7 Å². The average molecular weight is 381 g/mol. The smallest absolute Gasteiger partial charge is 0.410 e. The molecule has 0 saturated carbocycles. The minimum absolute atomic E-state index is 0.0293. The lowest BCUT2D eigenvalue weighted by Gasteiger charge is -2.44. The second kappa shape index (κ2) is 7.34. The molecule has 0 radical (unpaired) electrons. The zero-order chi connectivity index (χ0) is 19.7. The lowest BCUT2D eigenvalue weighted by atomic mass is 9.91. The predicted octanol–water partition coefficient (Wildman–Crippen LogP) is 4.31. The van der Waals surface area contributed by atoms with Gasteiger partial charge in [0.2, 0.25) is 0 Å². The number of benzene rings is 2. The first-order valence-corrected chi connectivity index (χ1v) is 9.89. The van der Waals surface area contributed by atoms with Crippen LogP contribution < -0.4 is 5.32 Å². The van der Waals surface area contributed by atoms with E-state index < -0.39 is 0 Å². The molecule has 28 heavy (non-hydrogen) atoms. The molecule has 6 heteroatoms. The van der Waals surface area contributed by atoms with Crippen LogP contribution in [-0.2, 0) is 4.74 Å². The van der Waals surface area contributed by atoms with Crippen LogP contribution >= 0.6 is 0 Å². The van der Waals surface area contributed by atoms with Gasteiger partial charge in [0.05, 0.1) is 6.61 Å². The van der Waals surface area contributed by atoms with E-state index in [1.165, 1.54) is 0 Å². The topological polar surface area (TPSA) is 61.9 Å². The summed E-state index contributed by atoms with van der Waals surface area (Å²) in [6.07, 6.45) is 1.32. The van der Waals surface area contributed by atoms with E-state index in [0.29, 0.717) is 26.2 Å². The number of nitrogens with one attached hydrogen (secondary N) is 1. The summed E-state index contributed by atoms with van der Waals surface area (Å²) in [5.41, 5.74) is 0.769. The van der Waals surface area contributed by atoms with Crippen molar-refractivity contribution >= 4 is 28.6 Å². The standard InChI is InChI=1S/C22H27N3O3/c1-22(2)14-25(21(27)28-15-22)19-9-11-24(12-10-19)20(26)23-18-8-7-16-5-3-4-6-17(16)13-18/h3-8,13,19H,9-12,14-15H2,1-2H3,(H,23,26). The average Bonchev–Trinajstić information content (AvgIpc) is 2.70. The summed E-state index contributed by atoms with van der Waals surface area (Å²) < 4.78 is 5.34. The zero-order valence-corrected chi connectivity index (χ0v) is 16.5. The quantitative estimate of drug-likeness (QED) is 0.843. The maximum atomic E-state index is 12.7. The van der Waals surface area contributed by atoms with E-state index in [-0.39, 0.29) is 23.6 Å². The van der Waals surface area contributed by atoms with Gasteiger partial charge in [-0.1, -0.05) is 44.2 Å². The van der Waals surface area contributed by atoms with Gasteiger partial charge < -0.3 is 19.9 Å². The van der Waals surface area contributed by atoms with E-state index >= 15 is 0 Å². The number of nitrogens with zero attached hydrogens (tertiary/aromatic N) is 2. The number of fused-ring (bicyclic) bond motifs is 1. The molecule has 0 unspecified atom stereocenters. The molecule has 0 bridgehead atoms. The number of rotatable bonds is 2. The predicted molar refractivity (Wildman–Crippen MR) is 109 cm³/mol. The molecule has 0 atom stereocenters. The lowest BCUT2D eigenvalue weighted by Crippen LogP contribution is -2.55. The van der Waals surface area contributed by atoms with E-state index in [0.717, 1.165) is 29.3 Å². The van der Waals surface area contributed by atoms with Gasteiger partial charge in [-0.3, -0.25) is 0 Å². The summed E-state index contributed by atoms with van der Waals surface area (Å²) in [7, 11) is 0. The number of urea groups is 1. The molecular weight excluding hydrogens is 354 g/mol. The first kappa shape index (κ1) is 18.6. The highest BCUT2D eigenvalue weighted by molar-refractivity contribution is 5.93. The fourth-order valence-corrected chi connectivity index (χ4v) is 4.04. The van der Waals surface area contributed by atoms with Gasteiger partial charge in [0, 0.05) is 36.8 Å². The molecule has 6 nitrogen and oxygen atoms in total. The van der Waals surface area contributed by atoms with E-state index in [9.17, 15) is 9.59 Å². The Morgan fingerprint density at radius 2 is 1.82 bits per heavy atom. The summed E-state index contributed by atoms with van der Waals surface area (Å²) in [5, 5.41) is 5.25. The Kier molecular flexibility index (Phi) is 4.87. The Bertz CT molecular complexity index is 887. The van der Waals surface area contributed by atoms with E-state index in [2.05, 4.69) is 25.2 Å². The third-order valence-corrected chi connectivity index (χ3v) is 5.61. The van der Waals surface area contributed by atoms with Crippen LogP contribution in [0.5, 0.6) is 0 Å². The van der Waals surface area contributed by atoms with Crippen molar-refractivity contribution in [1.82, 2.24) is 9.80 Å². The zero-order valence-electron chi connectivity index (χ0n) is 16.5. The van der Waals surface area contributed by atoms with Crippen molar-refractivity contribution in [2.45, 2.75) is 32.7 Å². The minimum Gasteiger partial charge on any atom is -0.449 e. The summed E-state index contributed by atoms with van der Waals surface area (Å²) in [6, 6.07) is 14.1. The maximum absolute atomic E-state index is 12.7. The van der Waals surface area contributed by atoms with Crippen LogP contribution in [0.1, 0.15) is 26.7 Å². The number of likely N-dealkylation sites (tertiary alicyclic amines) is 1. The fraction of sp³-hybridized carbons (Fsp3) is 0.455. The van der Waals surface area contributed by atoms with Gasteiger partial charge >= 0.3 is 12.1 Å². The molecule has 2 aliphatic heterocycles. The Labute approximate surface area is 165 Å². The van der Waals surface area contributed by atoms with Crippen LogP contribution in [0.15, 0.2) is 42.5 Å². The van der Waals surface area contributed by atoms with E-state index in [1.807, 2.05) is 46.2 Å². The van der Waals surface area contributed by atoms with Crippen LogP contribution in [-0.4, -0.2) is 54.2 Å². The Balaban J connectivity index is 1.35. The Morgan fingerprint density at radius 3 is 2.57 bits per heavy atom. The number of anilines is 1. The number of ether oxygens (including phenoxy) is 1. The number of hydrogen-bond donors (Lipinski definition) is 1. The summed E-state index contributed by atoms with van der Waals surface area (Å²) >= 11 is 0. The van der Waals surface area contributed by atoms with Gasteiger partial charge in [-0.15, -0.1) is 0 Å². The first-order chi connectivity index (χ1) is 13.4. The minimum atomic E-state index is -0.224. The molecule has 148 valence electrons. The maximum Gasteiger partial charge on any atom is 0.410 e.